The average Bonchev–Trinajstić information content (AvgIpc) is 3.31. The summed E-state index contributed by atoms with van der Waals surface area (Å²) in [5, 5.41) is 0. The molecule has 0 spiro atoms. The van der Waals surface area contributed by atoms with E-state index in [0.717, 1.165) is 22.4 Å². The summed E-state index contributed by atoms with van der Waals surface area (Å²) >= 11 is 0. The molecule has 0 radical (unpaired) electrons. The zero-order valence-corrected chi connectivity index (χ0v) is 17.0. The fraction of sp³-hybridized carbons (Fsp3) is 0.0385. The van der Waals surface area contributed by atoms with Crippen LogP contribution in [0.3, 0.4) is 0 Å². The van der Waals surface area contributed by atoms with Gasteiger partial charge < -0.3 is 9.15 Å². The van der Waals surface area contributed by atoms with Gasteiger partial charge in [-0.25, -0.2) is 14.5 Å². The zero-order valence-electron chi connectivity index (χ0n) is 17.0. The van der Waals surface area contributed by atoms with Crippen molar-refractivity contribution < 1.29 is 13.7 Å². The highest BCUT2D eigenvalue weighted by Gasteiger charge is 2.18. The number of pyridine rings is 2. The molecule has 0 saturated carbocycles. The Morgan fingerprint density at radius 2 is 1.65 bits per heavy atom. The van der Waals surface area contributed by atoms with E-state index < -0.39 is 0 Å². The first-order chi connectivity index (χ1) is 15.3. The monoisotopic (exact) mass is 406 g/mol. The molecule has 5 rings (SSSR count). The molecule has 0 aliphatic carbocycles. The highest BCUT2D eigenvalue weighted by atomic mass is 16.5. The summed E-state index contributed by atoms with van der Waals surface area (Å²) < 4.78 is 14.3. The van der Waals surface area contributed by atoms with Crippen molar-refractivity contribution in [2.75, 3.05) is 0 Å². The van der Waals surface area contributed by atoms with Gasteiger partial charge in [0.2, 0.25) is 17.5 Å². The molecule has 5 aromatic rings. The van der Waals surface area contributed by atoms with Gasteiger partial charge in [-0.05, 0) is 30.3 Å². The molecule has 31 heavy (non-hydrogen) atoms. The van der Waals surface area contributed by atoms with Crippen molar-refractivity contribution in [2.45, 2.75) is 0 Å². The van der Waals surface area contributed by atoms with Gasteiger partial charge in [0.1, 0.15) is 12.8 Å². The van der Waals surface area contributed by atoms with E-state index in [9.17, 15) is 0 Å². The Hall–Kier alpha value is -4.25. The predicted octanol–water partition coefficient (Wildman–Crippen LogP) is 5.69. The van der Waals surface area contributed by atoms with Gasteiger partial charge in [0.25, 0.3) is 0 Å². The molecule has 0 atom stereocenters. The normalized spacial score (nSPS) is 10.7. The second kappa shape index (κ2) is 8.24. The van der Waals surface area contributed by atoms with E-state index >= 15 is 0 Å². The fourth-order valence-corrected chi connectivity index (χ4v) is 3.42. The number of benzene rings is 2. The number of ether oxygens (including phenoxy) is 1. The number of aromatic nitrogens is 3. The van der Waals surface area contributed by atoms with Crippen LogP contribution in [-0.4, -0.2) is 9.97 Å². The van der Waals surface area contributed by atoms with E-state index in [1.165, 1.54) is 0 Å². The molecule has 3 heterocycles. The van der Waals surface area contributed by atoms with E-state index in [1.54, 1.807) is 12.4 Å². The lowest BCUT2D eigenvalue weighted by molar-refractivity contribution is -0.660. The minimum Gasteiger partial charge on any atom is -0.438 e. The van der Waals surface area contributed by atoms with Crippen LogP contribution in [0.4, 0.5) is 0 Å². The third kappa shape index (κ3) is 3.94. The van der Waals surface area contributed by atoms with Crippen LogP contribution in [0.25, 0.3) is 34.0 Å². The minimum atomic E-state index is 0.494. The van der Waals surface area contributed by atoms with E-state index in [0.29, 0.717) is 23.3 Å². The average molecular weight is 406 g/mol. The van der Waals surface area contributed by atoms with Crippen LogP contribution >= 0.6 is 0 Å². The molecule has 0 aliphatic heterocycles. The first-order valence-electron chi connectivity index (χ1n) is 9.97. The molecule has 5 heteroatoms. The molecule has 0 saturated heterocycles. The van der Waals surface area contributed by atoms with Gasteiger partial charge in [0.05, 0.1) is 11.8 Å². The first-order valence-corrected chi connectivity index (χ1v) is 9.97. The zero-order chi connectivity index (χ0) is 21.0. The molecule has 0 bridgehead atoms. The minimum absolute atomic E-state index is 0.494. The molecule has 150 valence electrons. The van der Waals surface area contributed by atoms with Crippen molar-refractivity contribution in [2.24, 2.45) is 7.05 Å². The van der Waals surface area contributed by atoms with Crippen molar-refractivity contribution in [1.29, 1.82) is 0 Å². The van der Waals surface area contributed by atoms with E-state index in [2.05, 4.69) is 20.6 Å². The SMILES string of the molecule is C[n+]1ccccc1-c1ccc(-c2ncc(-c3ccccc3)o2)c(Oc2ccccn2)c1. The topological polar surface area (TPSA) is 52.0 Å². The maximum Gasteiger partial charge on any atom is 0.230 e. The summed E-state index contributed by atoms with van der Waals surface area (Å²) in [6.07, 6.45) is 5.46. The lowest BCUT2D eigenvalue weighted by atomic mass is 10.1. The van der Waals surface area contributed by atoms with Gasteiger partial charge in [0, 0.05) is 35.5 Å². The Morgan fingerprint density at radius 3 is 2.45 bits per heavy atom. The molecular formula is C26H20N3O2+. The van der Waals surface area contributed by atoms with Crippen LogP contribution in [0.5, 0.6) is 11.6 Å². The Kier molecular flexibility index (Phi) is 4.99. The number of hydrogen-bond donors (Lipinski definition) is 0. The van der Waals surface area contributed by atoms with E-state index in [4.69, 9.17) is 9.15 Å². The highest BCUT2D eigenvalue weighted by Crippen LogP contribution is 2.37. The van der Waals surface area contributed by atoms with Gasteiger partial charge in [-0.15, -0.1) is 0 Å². The van der Waals surface area contributed by atoms with Crippen LogP contribution in [-0.2, 0) is 7.05 Å². The molecule has 2 aromatic carbocycles. The summed E-state index contributed by atoms with van der Waals surface area (Å²) in [4.78, 5) is 8.82. The predicted molar refractivity (Wildman–Crippen MR) is 118 cm³/mol. The van der Waals surface area contributed by atoms with Crippen molar-refractivity contribution in [1.82, 2.24) is 9.97 Å². The Labute approximate surface area is 180 Å². The van der Waals surface area contributed by atoms with Crippen molar-refractivity contribution in [3.63, 3.8) is 0 Å². The van der Waals surface area contributed by atoms with Gasteiger partial charge >= 0.3 is 0 Å². The maximum absolute atomic E-state index is 6.16. The molecular weight excluding hydrogens is 386 g/mol. The standard InChI is InChI=1S/C26H20N3O2/c1-29-16-8-6-11-22(29)20-13-14-21(23(17-20)30-25-12-5-7-15-27-25)26-28-18-24(31-26)19-9-3-2-4-10-19/h2-18H,1H3/q+1. The Balaban J connectivity index is 1.59. The lowest BCUT2D eigenvalue weighted by Gasteiger charge is -2.10. The number of nitrogens with zero attached hydrogens (tertiary/aromatic N) is 3. The molecule has 0 fully saturated rings. The summed E-state index contributed by atoms with van der Waals surface area (Å²) in [7, 11) is 2.02. The summed E-state index contributed by atoms with van der Waals surface area (Å²) in [6.45, 7) is 0. The van der Waals surface area contributed by atoms with E-state index in [1.807, 2.05) is 92.1 Å². The van der Waals surface area contributed by atoms with Crippen molar-refractivity contribution in [3.05, 3.63) is 104 Å². The van der Waals surface area contributed by atoms with Crippen LogP contribution < -0.4 is 9.30 Å². The molecule has 5 nitrogen and oxygen atoms in total. The number of aryl methyl sites for hydroxylation is 1. The first kappa shape index (κ1) is 18.8. The van der Waals surface area contributed by atoms with E-state index in [-0.39, 0.29) is 0 Å². The molecule has 0 N–H and O–H groups in total. The largest absolute Gasteiger partial charge is 0.438 e. The van der Waals surface area contributed by atoms with Gasteiger partial charge in [-0.1, -0.05) is 36.4 Å². The van der Waals surface area contributed by atoms with Crippen LogP contribution in [0.1, 0.15) is 0 Å². The smallest absolute Gasteiger partial charge is 0.230 e. The number of oxazole rings is 1. The van der Waals surface area contributed by atoms with Crippen molar-refractivity contribution >= 4 is 0 Å². The molecule has 0 unspecified atom stereocenters. The van der Waals surface area contributed by atoms with Gasteiger partial charge in [0.15, 0.2) is 12.0 Å². The number of hydrogen-bond acceptors (Lipinski definition) is 4. The number of rotatable bonds is 5. The fourth-order valence-electron chi connectivity index (χ4n) is 3.42. The summed E-state index contributed by atoms with van der Waals surface area (Å²) in [5.41, 5.74) is 3.82. The summed E-state index contributed by atoms with van der Waals surface area (Å²) in [5.74, 6) is 2.33. The second-order valence-electron chi connectivity index (χ2n) is 7.07. The van der Waals surface area contributed by atoms with Crippen LogP contribution in [0, 0.1) is 0 Å². The molecule has 0 amide bonds. The molecule has 0 aliphatic rings. The Bertz CT molecular complexity index is 1320. The van der Waals surface area contributed by atoms with Crippen LogP contribution in [0.15, 0.2) is 108 Å². The second-order valence-corrected chi connectivity index (χ2v) is 7.07. The highest BCUT2D eigenvalue weighted by molar-refractivity contribution is 5.72. The molecule has 3 aromatic heterocycles. The van der Waals surface area contributed by atoms with Gasteiger partial charge in [-0.3, -0.25) is 0 Å². The Morgan fingerprint density at radius 1 is 0.806 bits per heavy atom. The lowest BCUT2D eigenvalue weighted by Crippen LogP contribution is -2.29. The maximum atomic E-state index is 6.16. The van der Waals surface area contributed by atoms with Gasteiger partial charge in [-0.2, -0.15) is 0 Å². The van der Waals surface area contributed by atoms with Crippen molar-refractivity contribution in [3.8, 4) is 45.7 Å². The third-order valence-corrected chi connectivity index (χ3v) is 4.98. The summed E-state index contributed by atoms with van der Waals surface area (Å²) in [6, 6.07) is 27.6. The third-order valence-electron chi connectivity index (χ3n) is 4.98. The quantitative estimate of drug-likeness (QED) is 0.352. The van der Waals surface area contributed by atoms with Crippen LogP contribution in [0.2, 0.25) is 0 Å².